The Morgan fingerprint density at radius 2 is 1.96 bits per heavy atom. The van der Waals surface area contributed by atoms with Crippen molar-refractivity contribution in [3.05, 3.63) is 40.5 Å². The molecule has 1 aliphatic heterocycles. The molecule has 1 saturated heterocycles. The van der Waals surface area contributed by atoms with Crippen LogP contribution in [0.4, 0.5) is 0 Å². The Kier molecular flexibility index (Phi) is 3.83. The Morgan fingerprint density at radius 1 is 1.24 bits per heavy atom. The van der Waals surface area contributed by atoms with Gasteiger partial charge in [0.15, 0.2) is 11.5 Å². The maximum atomic E-state index is 13.0. The van der Waals surface area contributed by atoms with Crippen LogP contribution in [0.2, 0.25) is 0 Å². The first kappa shape index (κ1) is 16.8. The quantitative estimate of drug-likeness (QED) is 0.697. The van der Waals surface area contributed by atoms with Gasteiger partial charge in [-0.25, -0.2) is 0 Å². The van der Waals surface area contributed by atoms with Crippen molar-refractivity contribution < 1.29 is 9.32 Å². The molecule has 0 N–H and O–H groups in total. The number of rotatable bonds is 2. The van der Waals surface area contributed by atoms with E-state index in [1.54, 1.807) is 6.07 Å². The lowest BCUT2D eigenvalue weighted by molar-refractivity contribution is 0.0698. The SMILES string of the molecule is CC1(C)C[C@H]2C[C@@](C)(CN2C(=O)c2cc(-c3ccc(Br)cc3)on2)C1. The van der Waals surface area contributed by atoms with Crippen LogP contribution in [0.25, 0.3) is 11.3 Å². The van der Waals surface area contributed by atoms with Gasteiger partial charge in [0.05, 0.1) is 0 Å². The molecule has 0 radical (unpaired) electrons. The summed E-state index contributed by atoms with van der Waals surface area (Å²) in [7, 11) is 0. The Labute approximate surface area is 156 Å². The minimum absolute atomic E-state index is 0.00135. The van der Waals surface area contributed by atoms with Gasteiger partial charge in [-0.05, 0) is 42.2 Å². The van der Waals surface area contributed by atoms with Crippen LogP contribution in [0.1, 0.15) is 50.5 Å². The lowest BCUT2D eigenvalue weighted by Crippen LogP contribution is -2.37. The molecule has 1 aromatic heterocycles. The van der Waals surface area contributed by atoms with Crippen LogP contribution < -0.4 is 0 Å². The van der Waals surface area contributed by atoms with Gasteiger partial charge >= 0.3 is 0 Å². The second-order valence-electron chi connectivity index (χ2n) is 8.73. The Hall–Kier alpha value is -1.62. The first-order chi connectivity index (χ1) is 11.7. The van der Waals surface area contributed by atoms with Crippen molar-refractivity contribution in [2.75, 3.05) is 6.54 Å². The maximum absolute atomic E-state index is 13.0. The first-order valence-electron chi connectivity index (χ1n) is 8.78. The zero-order valence-corrected chi connectivity index (χ0v) is 16.5. The van der Waals surface area contributed by atoms with E-state index in [0.717, 1.165) is 29.4 Å². The summed E-state index contributed by atoms with van der Waals surface area (Å²) in [5, 5.41) is 4.05. The van der Waals surface area contributed by atoms with Crippen molar-refractivity contribution in [2.45, 2.75) is 46.1 Å². The van der Waals surface area contributed by atoms with Gasteiger partial charge in [0.2, 0.25) is 0 Å². The minimum atomic E-state index is -0.00135. The molecule has 2 aromatic rings. The van der Waals surface area contributed by atoms with E-state index >= 15 is 0 Å². The normalized spacial score (nSPS) is 27.5. The number of likely N-dealkylation sites (tertiary alicyclic amines) is 1. The van der Waals surface area contributed by atoms with Gasteiger partial charge in [-0.1, -0.05) is 54.0 Å². The van der Waals surface area contributed by atoms with Crippen molar-refractivity contribution in [1.29, 1.82) is 0 Å². The number of hydrogen-bond acceptors (Lipinski definition) is 3. The molecule has 5 heteroatoms. The number of benzene rings is 1. The minimum Gasteiger partial charge on any atom is -0.355 e. The van der Waals surface area contributed by atoms with Gasteiger partial charge in [0, 0.05) is 28.7 Å². The summed E-state index contributed by atoms with van der Waals surface area (Å²) >= 11 is 3.42. The van der Waals surface area contributed by atoms with Gasteiger partial charge in [0.25, 0.3) is 5.91 Å². The monoisotopic (exact) mass is 402 g/mol. The molecule has 132 valence electrons. The van der Waals surface area contributed by atoms with Crippen LogP contribution in [-0.4, -0.2) is 28.6 Å². The number of hydrogen-bond donors (Lipinski definition) is 0. The number of nitrogens with zero attached hydrogens (tertiary/aromatic N) is 2. The molecule has 4 rings (SSSR count). The van der Waals surface area contributed by atoms with Gasteiger partial charge in [-0.3, -0.25) is 4.79 Å². The zero-order chi connectivity index (χ0) is 17.8. The number of halogens is 1. The summed E-state index contributed by atoms with van der Waals surface area (Å²) in [5.41, 5.74) is 1.84. The van der Waals surface area contributed by atoms with Crippen LogP contribution in [-0.2, 0) is 0 Å². The van der Waals surface area contributed by atoms with Crippen molar-refractivity contribution in [2.24, 2.45) is 10.8 Å². The van der Waals surface area contributed by atoms with Crippen LogP contribution in [0.15, 0.2) is 39.3 Å². The van der Waals surface area contributed by atoms with Gasteiger partial charge in [-0.2, -0.15) is 0 Å². The van der Waals surface area contributed by atoms with E-state index in [2.05, 4.69) is 41.9 Å². The fraction of sp³-hybridized carbons (Fsp3) is 0.500. The summed E-state index contributed by atoms with van der Waals surface area (Å²) in [5.74, 6) is 0.628. The fourth-order valence-electron chi connectivity index (χ4n) is 4.97. The van der Waals surface area contributed by atoms with E-state index in [9.17, 15) is 4.79 Å². The summed E-state index contributed by atoms with van der Waals surface area (Å²) in [6.07, 6.45) is 3.33. The summed E-state index contributed by atoms with van der Waals surface area (Å²) < 4.78 is 6.44. The molecule has 2 fully saturated rings. The van der Waals surface area contributed by atoms with E-state index in [1.165, 1.54) is 6.42 Å². The van der Waals surface area contributed by atoms with Crippen molar-refractivity contribution in [3.8, 4) is 11.3 Å². The number of carbonyl (C=O) groups excluding carboxylic acids is 1. The molecule has 2 atom stereocenters. The highest BCUT2D eigenvalue weighted by Crippen LogP contribution is 2.52. The molecule has 0 unspecified atom stereocenters. The molecule has 1 aliphatic carbocycles. The van der Waals surface area contributed by atoms with E-state index < -0.39 is 0 Å². The summed E-state index contributed by atoms with van der Waals surface area (Å²) in [4.78, 5) is 15.1. The standard InChI is InChI=1S/C20H23BrN2O2/c1-19(2)9-15-10-20(3,11-19)12-23(15)18(24)16-8-17(25-22-16)13-4-6-14(21)7-5-13/h4-8,15H,9-12H2,1-3H3/t15-,20+/m0/s1. The second kappa shape index (κ2) is 5.70. The summed E-state index contributed by atoms with van der Waals surface area (Å²) in [6.45, 7) is 7.75. The molecule has 25 heavy (non-hydrogen) atoms. The Bertz CT molecular complexity index is 811. The van der Waals surface area contributed by atoms with E-state index in [1.807, 2.05) is 29.2 Å². The molecule has 1 amide bonds. The second-order valence-corrected chi connectivity index (χ2v) is 9.65. The topological polar surface area (TPSA) is 46.3 Å². The smallest absolute Gasteiger partial charge is 0.276 e. The molecular formula is C20H23BrN2O2. The maximum Gasteiger partial charge on any atom is 0.276 e. The Morgan fingerprint density at radius 3 is 2.68 bits per heavy atom. The number of carbonyl (C=O) groups is 1. The third-order valence-corrected chi connectivity index (χ3v) is 6.06. The Balaban J connectivity index is 1.57. The van der Waals surface area contributed by atoms with Crippen LogP contribution in [0.5, 0.6) is 0 Å². The van der Waals surface area contributed by atoms with Gasteiger partial charge in [0.1, 0.15) is 0 Å². The number of aromatic nitrogens is 1. The number of amides is 1. The predicted octanol–water partition coefficient (Wildman–Crippen LogP) is 5.14. The molecule has 0 spiro atoms. The molecule has 2 heterocycles. The highest BCUT2D eigenvalue weighted by atomic mass is 79.9. The number of fused-ring (bicyclic) bond motifs is 2. The third kappa shape index (κ3) is 3.14. The first-order valence-corrected chi connectivity index (χ1v) is 9.58. The molecule has 2 aliphatic rings. The van der Waals surface area contributed by atoms with Gasteiger partial charge < -0.3 is 9.42 Å². The average molecular weight is 403 g/mol. The summed E-state index contributed by atoms with van der Waals surface area (Å²) in [6, 6.07) is 9.88. The van der Waals surface area contributed by atoms with E-state index in [0.29, 0.717) is 22.9 Å². The lowest BCUT2D eigenvalue weighted by Gasteiger charge is -2.39. The van der Waals surface area contributed by atoms with Gasteiger partial charge in [-0.15, -0.1) is 0 Å². The van der Waals surface area contributed by atoms with Crippen molar-refractivity contribution in [3.63, 3.8) is 0 Å². The molecule has 1 aromatic carbocycles. The largest absolute Gasteiger partial charge is 0.355 e. The highest BCUT2D eigenvalue weighted by Gasteiger charge is 2.51. The molecule has 2 bridgehead atoms. The highest BCUT2D eigenvalue weighted by molar-refractivity contribution is 9.10. The average Bonchev–Trinajstić information content (AvgIpc) is 3.09. The van der Waals surface area contributed by atoms with Crippen molar-refractivity contribution in [1.82, 2.24) is 10.1 Å². The van der Waals surface area contributed by atoms with Crippen LogP contribution in [0, 0.1) is 10.8 Å². The van der Waals surface area contributed by atoms with Crippen LogP contribution >= 0.6 is 15.9 Å². The zero-order valence-electron chi connectivity index (χ0n) is 14.9. The van der Waals surface area contributed by atoms with Crippen molar-refractivity contribution >= 4 is 21.8 Å². The predicted molar refractivity (Wildman–Crippen MR) is 100 cm³/mol. The van der Waals surface area contributed by atoms with Crippen LogP contribution in [0.3, 0.4) is 0 Å². The third-order valence-electron chi connectivity index (χ3n) is 5.53. The van der Waals surface area contributed by atoms with E-state index in [-0.39, 0.29) is 11.3 Å². The molecule has 4 nitrogen and oxygen atoms in total. The van der Waals surface area contributed by atoms with E-state index in [4.69, 9.17) is 4.52 Å². The lowest BCUT2D eigenvalue weighted by atomic mass is 9.65. The molecular weight excluding hydrogens is 380 g/mol. The molecule has 1 saturated carbocycles. The fourth-order valence-corrected chi connectivity index (χ4v) is 5.24.